The number of hydrogen-bond acceptors (Lipinski definition) is 20. The van der Waals surface area contributed by atoms with E-state index in [-0.39, 0.29) is 53.0 Å². The van der Waals surface area contributed by atoms with Crippen molar-refractivity contribution in [1.29, 1.82) is 0 Å². The van der Waals surface area contributed by atoms with E-state index in [4.69, 9.17) is 47.4 Å². The Kier molecular flexibility index (Phi) is 26.1. The van der Waals surface area contributed by atoms with Gasteiger partial charge in [-0.15, -0.1) is 0 Å². The predicted octanol–water partition coefficient (Wildman–Crippen LogP) is 11.0. The van der Waals surface area contributed by atoms with Gasteiger partial charge in [0, 0.05) is 98.2 Å². The van der Waals surface area contributed by atoms with E-state index in [2.05, 4.69) is 24.5 Å². The summed E-state index contributed by atoms with van der Waals surface area (Å²) in [5.74, 6) is 18.2. The van der Waals surface area contributed by atoms with E-state index in [9.17, 15) is 24.0 Å². The van der Waals surface area contributed by atoms with Crippen LogP contribution in [0, 0.1) is 147 Å². The van der Waals surface area contributed by atoms with Crippen LogP contribution >= 0.6 is 0 Å². The lowest BCUT2D eigenvalue weighted by Gasteiger charge is -2.56. The van der Waals surface area contributed by atoms with E-state index in [1.54, 1.807) is 0 Å². The number of rotatable bonds is 21. The number of carbonyl (C=O) groups is 5. The number of carbonyl (C=O) groups excluding carboxylic acids is 5. The van der Waals surface area contributed by atoms with Crippen molar-refractivity contribution in [2.75, 3.05) is 197 Å². The van der Waals surface area contributed by atoms with Crippen molar-refractivity contribution in [1.82, 2.24) is 24.5 Å². The van der Waals surface area contributed by atoms with E-state index < -0.39 is 0 Å². The minimum absolute atomic E-state index is 0.0511. The Bertz CT molecular complexity index is 2930. The van der Waals surface area contributed by atoms with Crippen molar-refractivity contribution >= 4 is 29.8 Å². The Morgan fingerprint density at radius 3 is 1.05 bits per heavy atom. The zero-order valence-electron chi connectivity index (χ0n) is 66.9. The maximum absolute atomic E-state index is 12.7. The van der Waals surface area contributed by atoms with Crippen molar-refractivity contribution in [3.8, 4) is 0 Å². The molecule has 18 saturated carbocycles. The van der Waals surface area contributed by atoms with E-state index in [0.29, 0.717) is 62.6 Å². The third kappa shape index (κ3) is 18.4. The van der Waals surface area contributed by atoms with Gasteiger partial charge in [-0.3, -0.25) is 48.5 Å². The Morgan fingerprint density at radius 2 is 0.624 bits per heavy atom. The minimum atomic E-state index is -0.0975. The molecule has 0 spiro atoms. The third-order valence-electron chi connectivity index (χ3n) is 33.7. The number of ether oxygens (including phenoxy) is 10. The van der Waals surface area contributed by atoms with Crippen LogP contribution in [-0.4, -0.2) is 252 Å². The highest BCUT2D eigenvalue weighted by Crippen LogP contribution is 2.70. The van der Waals surface area contributed by atoms with Gasteiger partial charge >= 0.3 is 29.8 Å². The molecule has 0 aromatic rings. The largest absolute Gasteiger partial charge is 0.464 e. The van der Waals surface area contributed by atoms with Crippen LogP contribution in [0.25, 0.3) is 0 Å². The van der Waals surface area contributed by atoms with Gasteiger partial charge in [0.05, 0.1) is 95.7 Å². The topological polar surface area (TPSA) is 194 Å². The fraction of sp³-hybridized carbons (Fsp3) is 0.944. The molecule has 0 radical (unpaired) electrons. The summed E-state index contributed by atoms with van der Waals surface area (Å²) in [4.78, 5) is 74.1. The molecular formula is C89H141N5O15. The van der Waals surface area contributed by atoms with E-state index in [1.165, 1.54) is 141 Å². The molecule has 5 heterocycles. The van der Waals surface area contributed by atoms with Gasteiger partial charge in [0.25, 0.3) is 0 Å². The molecule has 17 atom stereocenters. The molecule has 23 rings (SSSR count). The van der Waals surface area contributed by atoms with Crippen molar-refractivity contribution in [2.45, 2.75) is 186 Å². The monoisotopic (exact) mass is 1520 g/mol. The summed E-state index contributed by atoms with van der Waals surface area (Å²) in [6.45, 7) is 24.9. The average molecular weight is 1520 g/mol. The Hall–Kier alpha value is -3.05. The molecule has 16 bridgehead atoms. The fourth-order valence-electron chi connectivity index (χ4n) is 29.9. The molecule has 17 unspecified atom stereocenters. The van der Waals surface area contributed by atoms with Gasteiger partial charge in [0.2, 0.25) is 0 Å². The van der Waals surface area contributed by atoms with Crippen molar-refractivity contribution in [2.24, 2.45) is 147 Å². The smallest absolute Gasteiger partial charge is 0.312 e. The maximum atomic E-state index is 12.7. The van der Waals surface area contributed by atoms with Crippen molar-refractivity contribution < 1.29 is 71.3 Å². The van der Waals surface area contributed by atoms with E-state index >= 15 is 0 Å². The molecule has 0 N–H and O–H groups in total. The first-order valence-electron chi connectivity index (χ1n) is 45.7. The van der Waals surface area contributed by atoms with Crippen LogP contribution in [0.15, 0.2) is 0 Å². The molecule has 23 aliphatic rings. The highest BCUT2D eigenvalue weighted by atomic mass is 16.6. The third-order valence-corrected chi connectivity index (χ3v) is 33.7. The SMILES string of the molecule is O=C(CC12CC3CC(CC(C3)C1)C2)OCCN1CCOCC1.O=C(OCCN1CCOCC1)C12CC3CC(CC(C3)C1)C2.O=C(OCCN1CCOCC1)C1CC2CC1C1C3CCC(C3)C21.O=C(OCCN1CCOCC1)C1CC2CC1C1CCCC21.O=C(OCCN1CCOCC1)C1CC2CC1C1CCCCC21. The Morgan fingerprint density at radius 1 is 0.294 bits per heavy atom. The molecule has 0 aromatic carbocycles. The van der Waals surface area contributed by atoms with Crippen molar-refractivity contribution in [3.05, 3.63) is 0 Å². The molecule has 0 aromatic heterocycles. The first-order valence-corrected chi connectivity index (χ1v) is 45.7. The van der Waals surface area contributed by atoms with Crippen LogP contribution in [0.4, 0.5) is 0 Å². The molecule has 612 valence electrons. The quantitative estimate of drug-likeness (QED) is 0.0597. The van der Waals surface area contributed by atoms with Crippen LogP contribution in [0.1, 0.15) is 186 Å². The molecular weight excluding hydrogens is 1380 g/mol. The number of esters is 5. The first-order chi connectivity index (χ1) is 53.4. The highest BCUT2D eigenvalue weighted by molar-refractivity contribution is 5.78. The molecule has 23 fully saturated rings. The van der Waals surface area contributed by atoms with Crippen LogP contribution in [0.5, 0.6) is 0 Å². The van der Waals surface area contributed by atoms with Gasteiger partial charge in [-0.05, 0) is 284 Å². The highest BCUT2D eigenvalue weighted by Gasteiger charge is 2.64. The lowest BCUT2D eigenvalue weighted by atomic mass is 9.49. The van der Waals surface area contributed by atoms with E-state index in [1.807, 2.05) is 0 Å². The Balaban J connectivity index is 0.0000000996. The lowest BCUT2D eigenvalue weighted by Crippen LogP contribution is -2.51. The van der Waals surface area contributed by atoms with Crippen LogP contribution in [0.2, 0.25) is 0 Å². The molecule has 5 saturated heterocycles. The average Bonchev–Trinajstić information content (AvgIpc) is 1.11. The summed E-state index contributed by atoms with van der Waals surface area (Å²) in [5, 5.41) is 0. The molecule has 5 aliphatic heterocycles. The normalized spacial score (nSPS) is 43.0. The summed E-state index contributed by atoms with van der Waals surface area (Å²) < 4.78 is 54.9. The van der Waals surface area contributed by atoms with Gasteiger partial charge in [-0.25, -0.2) is 0 Å². The van der Waals surface area contributed by atoms with Gasteiger partial charge in [-0.2, -0.15) is 0 Å². The standard InChI is InChI=1S/C19H29NO3.2C18H29NO3.2C17H27NO3/c21-19(23-8-5-20-3-6-22-7-4-20)16-11-14-10-15(16)18-13-2-1-12(9-13)17(14)18;20-17(22-6-3-19-1-4-21-5-2-19)13-18-10-14-7-15(11-18)9-16(8-14)12-18;20-18(22-10-7-19-5-8-21-9-6-19)17-12-13-11-16(17)15-4-2-1-3-14(13)15;19-16(21-6-3-18-1-4-20-5-2-18)17-10-13-7-14(11-17)9-15(8-13)12-17;19-17(21-9-6-18-4-7-20-8-5-18)16-11-12-10-15(16)14-3-1-2-13(12)14/h12-18H,1-11H2;14-16H,1-13H2;13-17H,1-12H2;13-15H,1-12H2;12-16H,1-11H2. The van der Waals surface area contributed by atoms with Crippen LogP contribution in [0.3, 0.4) is 0 Å². The van der Waals surface area contributed by atoms with Gasteiger partial charge in [-0.1, -0.05) is 19.3 Å². The van der Waals surface area contributed by atoms with Gasteiger partial charge in [0.15, 0.2) is 0 Å². The Labute approximate surface area is 652 Å². The zero-order valence-corrected chi connectivity index (χ0v) is 66.9. The molecule has 109 heavy (non-hydrogen) atoms. The van der Waals surface area contributed by atoms with Crippen molar-refractivity contribution in [3.63, 3.8) is 0 Å². The summed E-state index contributed by atoms with van der Waals surface area (Å²) in [5.41, 5.74) is 0.213. The zero-order chi connectivity index (χ0) is 73.8. The molecule has 20 heteroatoms. The lowest BCUT2D eigenvalue weighted by molar-refractivity contribution is -0.172. The first kappa shape index (κ1) is 78.5. The van der Waals surface area contributed by atoms with Gasteiger partial charge in [0.1, 0.15) is 33.0 Å². The van der Waals surface area contributed by atoms with Crippen LogP contribution in [-0.2, 0) is 71.3 Å². The number of fused-ring (bicyclic) bond motifs is 19. The molecule has 18 aliphatic carbocycles. The predicted molar refractivity (Wildman–Crippen MR) is 410 cm³/mol. The number of hydrogen-bond donors (Lipinski definition) is 0. The molecule has 20 nitrogen and oxygen atoms in total. The maximum Gasteiger partial charge on any atom is 0.312 e. The second kappa shape index (κ2) is 36.2. The minimum Gasteiger partial charge on any atom is -0.464 e. The van der Waals surface area contributed by atoms with Crippen LogP contribution < -0.4 is 0 Å². The molecule has 0 amide bonds. The second-order valence-corrected chi connectivity index (χ2v) is 39.8. The summed E-state index contributed by atoms with van der Waals surface area (Å²) >= 11 is 0. The number of nitrogens with zero attached hydrogens (tertiary/aromatic N) is 5. The second-order valence-electron chi connectivity index (χ2n) is 39.8. The fourth-order valence-corrected chi connectivity index (χ4v) is 29.9. The summed E-state index contributed by atoms with van der Waals surface area (Å²) in [7, 11) is 0. The van der Waals surface area contributed by atoms with E-state index in [0.717, 1.165) is 303 Å². The summed E-state index contributed by atoms with van der Waals surface area (Å²) in [6, 6.07) is 0. The number of morpholine rings is 5. The summed E-state index contributed by atoms with van der Waals surface area (Å²) in [6.07, 6.45) is 37.7. The van der Waals surface area contributed by atoms with Gasteiger partial charge < -0.3 is 47.4 Å².